The van der Waals surface area contributed by atoms with Crippen LogP contribution in [0.4, 0.5) is 0 Å². The largest absolute Gasteiger partial charge is 0.452 e. The molecule has 0 aliphatic heterocycles. The van der Waals surface area contributed by atoms with Crippen molar-refractivity contribution in [3.8, 4) is 0 Å². The highest BCUT2D eigenvalue weighted by Crippen LogP contribution is 2.38. The monoisotopic (exact) mass is 392 g/mol. The van der Waals surface area contributed by atoms with E-state index in [0.717, 1.165) is 40.6 Å². The second-order valence-corrected chi connectivity index (χ2v) is 7.86. The number of ether oxygens (including phenoxy) is 1. The summed E-state index contributed by atoms with van der Waals surface area (Å²) < 4.78 is 5.35. The number of benzene rings is 1. The first-order chi connectivity index (χ1) is 13.5. The fraction of sp³-hybridized carbons (Fsp3) is 0.227. The van der Waals surface area contributed by atoms with E-state index in [1.165, 1.54) is 9.78 Å². The number of fused-ring (bicyclic) bond motifs is 2. The van der Waals surface area contributed by atoms with Gasteiger partial charge in [-0.3, -0.25) is 4.79 Å². The zero-order valence-corrected chi connectivity index (χ0v) is 16.6. The molecule has 0 saturated heterocycles. The van der Waals surface area contributed by atoms with E-state index >= 15 is 0 Å². The fourth-order valence-corrected chi connectivity index (χ4v) is 4.07. The van der Waals surface area contributed by atoms with E-state index in [9.17, 15) is 9.59 Å². The number of carbonyl (C=O) groups excluding carboxylic acids is 2. The van der Waals surface area contributed by atoms with Gasteiger partial charge in [-0.2, -0.15) is 0 Å². The number of thiophene rings is 1. The lowest BCUT2D eigenvalue weighted by molar-refractivity contribution is -0.131. The Hall–Kier alpha value is -2.99. The molecule has 0 radical (unpaired) electrons. The number of likely N-dealkylation sites (N-methyl/N-ethyl adjacent to an activating group) is 1. The number of amides is 1. The van der Waals surface area contributed by atoms with Gasteiger partial charge in [-0.25, -0.2) is 9.78 Å². The molecule has 1 amide bonds. The van der Waals surface area contributed by atoms with Gasteiger partial charge in [0, 0.05) is 24.4 Å². The number of pyridine rings is 1. The molecule has 0 bridgehead atoms. The van der Waals surface area contributed by atoms with Gasteiger partial charge >= 0.3 is 5.97 Å². The highest BCUT2D eigenvalue weighted by molar-refractivity contribution is 7.10. The molecule has 0 atom stereocenters. The maximum Gasteiger partial charge on any atom is 0.339 e. The summed E-state index contributed by atoms with van der Waals surface area (Å²) in [4.78, 5) is 32.2. The van der Waals surface area contributed by atoms with Crippen molar-refractivity contribution in [2.75, 3.05) is 20.7 Å². The molecule has 1 aliphatic rings. The van der Waals surface area contributed by atoms with Crippen molar-refractivity contribution >= 4 is 45.8 Å². The molecule has 0 unspecified atom stereocenters. The van der Waals surface area contributed by atoms with Crippen molar-refractivity contribution in [3.63, 3.8) is 0 Å². The van der Waals surface area contributed by atoms with Crippen LogP contribution in [0.3, 0.4) is 0 Å². The molecule has 6 heteroatoms. The standard InChI is InChI=1S/C22H20N2O3S/c1-24(2)19(25)13-27-22(26)20-16-7-3-4-8-18(16)23-21-14(9-10-17(20)21)12-15-6-5-11-28-15/h3-8,11-12H,9-10,13H2,1-2H3/b14-12+. The quantitative estimate of drug-likeness (QED) is 0.629. The SMILES string of the molecule is CN(C)C(=O)COC(=O)c1c2c(nc3ccccc13)/C(=C/c1cccs1)CC2. The van der Waals surface area contributed by atoms with Crippen LogP contribution < -0.4 is 0 Å². The van der Waals surface area contributed by atoms with Crippen molar-refractivity contribution in [3.05, 3.63) is 63.5 Å². The minimum absolute atomic E-state index is 0.248. The number of hydrogen-bond acceptors (Lipinski definition) is 5. The van der Waals surface area contributed by atoms with Gasteiger partial charge in [0.15, 0.2) is 6.61 Å². The van der Waals surface area contributed by atoms with Gasteiger partial charge in [-0.05, 0) is 47.6 Å². The number of esters is 1. The van der Waals surface area contributed by atoms with Crippen LogP contribution in [0.1, 0.15) is 32.9 Å². The fourth-order valence-electron chi connectivity index (χ4n) is 3.39. The molecule has 0 N–H and O–H groups in total. The van der Waals surface area contributed by atoms with Gasteiger partial charge in [0.25, 0.3) is 5.91 Å². The van der Waals surface area contributed by atoms with Crippen molar-refractivity contribution in [2.24, 2.45) is 0 Å². The van der Waals surface area contributed by atoms with Gasteiger partial charge in [0.2, 0.25) is 0 Å². The summed E-state index contributed by atoms with van der Waals surface area (Å²) in [5.41, 5.74) is 4.18. The Morgan fingerprint density at radius 3 is 2.75 bits per heavy atom. The molecule has 2 aromatic heterocycles. The predicted molar refractivity (Wildman–Crippen MR) is 111 cm³/mol. The minimum atomic E-state index is -0.470. The van der Waals surface area contributed by atoms with Crippen LogP contribution in [-0.4, -0.2) is 42.5 Å². The Morgan fingerprint density at radius 1 is 1.18 bits per heavy atom. The van der Waals surface area contributed by atoms with Gasteiger partial charge in [0.1, 0.15) is 0 Å². The topological polar surface area (TPSA) is 59.5 Å². The van der Waals surface area contributed by atoms with Crippen molar-refractivity contribution in [2.45, 2.75) is 12.8 Å². The van der Waals surface area contributed by atoms with Crippen molar-refractivity contribution < 1.29 is 14.3 Å². The summed E-state index contributed by atoms with van der Waals surface area (Å²) in [7, 11) is 3.27. The van der Waals surface area contributed by atoms with Crippen LogP contribution in [0.15, 0.2) is 41.8 Å². The normalized spacial score (nSPS) is 14.3. The van der Waals surface area contributed by atoms with E-state index in [-0.39, 0.29) is 12.5 Å². The molecule has 3 aromatic rings. The molecule has 4 rings (SSSR count). The van der Waals surface area contributed by atoms with Gasteiger partial charge < -0.3 is 9.64 Å². The Labute approximate surface area is 167 Å². The van der Waals surface area contributed by atoms with Crippen molar-refractivity contribution in [1.29, 1.82) is 0 Å². The second-order valence-electron chi connectivity index (χ2n) is 6.88. The Kier molecular flexibility index (Phi) is 4.96. The maximum absolute atomic E-state index is 12.9. The number of nitrogens with zero attached hydrogens (tertiary/aromatic N) is 2. The second kappa shape index (κ2) is 7.56. The number of carbonyl (C=O) groups is 2. The van der Waals surface area contributed by atoms with Crippen LogP contribution in [0, 0.1) is 0 Å². The Bertz CT molecular complexity index is 1080. The van der Waals surface area contributed by atoms with E-state index in [2.05, 4.69) is 12.1 Å². The zero-order chi connectivity index (χ0) is 19.7. The summed E-state index contributed by atoms with van der Waals surface area (Å²) >= 11 is 1.67. The maximum atomic E-state index is 12.9. The van der Waals surface area contributed by atoms with E-state index in [0.29, 0.717) is 5.56 Å². The van der Waals surface area contributed by atoms with E-state index in [1.807, 2.05) is 35.7 Å². The first-order valence-corrected chi connectivity index (χ1v) is 9.96. The number of hydrogen-bond donors (Lipinski definition) is 0. The van der Waals surface area contributed by atoms with E-state index in [1.54, 1.807) is 25.4 Å². The Balaban J connectivity index is 1.78. The number of allylic oxidation sites excluding steroid dienone is 1. The third-order valence-electron chi connectivity index (χ3n) is 4.83. The van der Waals surface area contributed by atoms with Gasteiger partial charge in [-0.1, -0.05) is 24.3 Å². The highest BCUT2D eigenvalue weighted by Gasteiger charge is 2.28. The first kappa shape index (κ1) is 18.4. The lowest BCUT2D eigenvalue weighted by Crippen LogP contribution is -2.27. The molecule has 142 valence electrons. The molecular weight excluding hydrogens is 372 g/mol. The minimum Gasteiger partial charge on any atom is -0.452 e. The molecule has 28 heavy (non-hydrogen) atoms. The summed E-state index contributed by atoms with van der Waals surface area (Å²) in [6.07, 6.45) is 3.70. The van der Waals surface area contributed by atoms with E-state index in [4.69, 9.17) is 9.72 Å². The number of aromatic nitrogens is 1. The third kappa shape index (κ3) is 3.43. The smallest absolute Gasteiger partial charge is 0.339 e. The van der Waals surface area contributed by atoms with Crippen LogP contribution in [-0.2, 0) is 16.0 Å². The average Bonchev–Trinajstić information content (AvgIpc) is 3.34. The molecule has 0 saturated carbocycles. The number of rotatable bonds is 4. The van der Waals surface area contributed by atoms with Gasteiger partial charge in [0.05, 0.1) is 16.8 Å². The summed E-state index contributed by atoms with van der Waals surface area (Å²) in [5.74, 6) is -0.718. The molecule has 1 aromatic carbocycles. The average molecular weight is 392 g/mol. The summed E-state index contributed by atoms with van der Waals surface area (Å²) in [6, 6.07) is 11.7. The van der Waals surface area contributed by atoms with Gasteiger partial charge in [-0.15, -0.1) is 11.3 Å². The van der Waals surface area contributed by atoms with Crippen molar-refractivity contribution in [1.82, 2.24) is 9.88 Å². The molecule has 2 heterocycles. The van der Waals surface area contributed by atoms with Crippen LogP contribution in [0.2, 0.25) is 0 Å². The summed E-state index contributed by atoms with van der Waals surface area (Å²) in [5, 5.41) is 2.81. The third-order valence-corrected chi connectivity index (χ3v) is 5.65. The zero-order valence-electron chi connectivity index (χ0n) is 15.8. The number of para-hydroxylation sites is 1. The predicted octanol–water partition coefficient (Wildman–Crippen LogP) is 4.03. The molecule has 0 fully saturated rings. The van der Waals surface area contributed by atoms with Crippen LogP contribution in [0.5, 0.6) is 0 Å². The molecule has 5 nitrogen and oxygen atoms in total. The lowest BCUT2D eigenvalue weighted by atomic mass is 10.0. The lowest BCUT2D eigenvalue weighted by Gasteiger charge is -2.14. The van der Waals surface area contributed by atoms with Crippen LogP contribution >= 0.6 is 11.3 Å². The highest BCUT2D eigenvalue weighted by atomic mass is 32.1. The molecular formula is C22H20N2O3S. The summed E-state index contributed by atoms with van der Waals surface area (Å²) in [6.45, 7) is -0.269. The van der Waals surface area contributed by atoms with Crippen LogP contribution in [0.25, 0.3) is 22.6 Å². The molecule has 0 spiro atoms. The first-order valence-electron chi connectivity index (χ1n) is 9.08. The van der Waals surface area contributed by atoms with E-state index < -0.39 is 5.97 Å². The molecule has 1 aliphatic carbocycles. The Morgan fingerprint density at radius 2 is 2.00 bits per heavy atom.